The third kappa shape index (κ3) is 3.39. The summed E-state index contributed by atoms with van der Waals surface area (Å²) in [5.74, 6) is 1.55. The van der Waals surface area contributed by atoms with Gasteiger partial charge in [0.2, 0.25) is 0 Å². The minimum absolute atomic E-state index is 0.148. The van der Waals surface area contributed by atoms with Crippen LogP contribution < -0.4 is 14.8 Å². The topological polar surface area (TPSA) is 30.5 Å². The van der Waals surface area contributed by atoms with Crippen molar-refractivity contribution in [3.05, 3.63) is 23.8 Å². The minimum Gasteiger partial charge on any atom is -0.493 e. The number of hydrogen-bond donors (Lipinski definition) is 1. The van der Waals surface area contributed by atoms with E-state index in [0.29, 0.717) is 6.04 Å². The molecule has 102 valence electrons. The molecule has 1 rings (SSSR count). The summed E-state index contributed by atoms with van der Waals surface area (Å²) in [5.41, 5.74) is 1.37. The van der Waals surface area contributed by atoms with E-state index in [1.54, 1.807) is 14.2 Å². The molecule has 0 fully saturated rings. The van der Waals surface area contributed by atoms with Gasteiger partial charge in [-0.1, -0.05) is 33.8 Å². The van der Waals surface area contributed by atoms with Gasteiger partial charge in [0.1, 0.15) is 0 Å². The Balaban J connectivity index is 3.13. The summed E-state index contributed by atoms with van der Waals surface area (Å²) >= 11 is 0. The van der Waals surface area contributed by atoms with Crippen LogP contribution in [0.2, 0.25) is 0 Å². The average Bonchev–Trinajstić information content (AvgIpc) is 2.33. The van der Waals surface area contributed by atoms with Crippen molar-refractivity contribution in [3.8, 4) is 11.5 Å². The van der Waals surface area contributed by atoms with Gasteiger partial charge in [0.05, 0.1) is 14.2 Å². The second kappa shape index (κ2) is 6.10. The molecule has 0 radical (unpaired) electrons. The molecule has 0 bridgehead atoms. The Labute approximate surface area is 110 Å². The number of ether oxygens (including phenoxy) is 2. The van der Waals surface area contributed by atoms with Crippen LogP contribution in [-0.2, 0) is 0 Å². The molecule has 0 amide bonds. The van der Waals surface area contributed by atoms with Gasteiger partial charge < -0.3 is 14.8 Å². The van der Waals surface area contributed by atoms with Crippen molar-refractivity contribution in [2.24, 2.45) is 5.41 Å². The fraction of sp³-hybridized carbons (Fsp3) is 0.600. The quantitative estimate of drug-likeness (QED) is 0.870. The predicted octanol–water partition coefficient (Wildman–Crippen LogP) is 3.40. The first-order valence-electron chi connectivity index (χ1n) is 6.39. The van der Waals surface area contributed by atoms with Crippen molar-refractivity contribution >= 4 is 0 Å². The lowest BCUT2D eigenvalue weighted by atomic mass is 9.82. The normalized spacial score (nSPS) is 13.2. The standard InChI is InChI=1S/C15H25NO2/c1-7-16-14(15(2,3)4)11-8-9-12(17-5)13(10-11)18-6/h8-10,14,16H,7H2,1-6H3. The Bertz CT molecular complexity index is 383. The third-order valence-electron chi connectivity index (χ3n) is 3.02. The van der Waals surface area contributed by atoms with Crippen LogP contribution in [0.4, 0.5) is 0 Å². The summed E-state index contributed by atoms with van der Waals surface area (Å²) in [6.45, 7) is 9.76. The van der Waals surface area contributed by atoms with E-state index < -0.39 is 0 Å². The van der Waals surface area contributed by atoms with Crippen molar-refractivity contribution in [2.75, 3.05) is 20.8 Å². The van der Waals surface area contributed by atoms with Crippen LogP contribution in [0.25, 0.3) is 0 Å². The molecule has 3 heteroatoms. The largest absolute Gasteiger partial charge is 0.493 e. The summed E-state index contributed by atoms with van der Waals surface area (Å²) < 4.78 is 10.6. The maximum Gasteiger partial charge on any atom is 0.161 e. The molecule has 3 nitrogen and oxygen atoms in total. The van der Waals surface area contributed by atoms with Gasteiger partial charge in [0, 0.05) is 6.04 Å². The zero-order chi connectivity index (χ0) is 13.8. The first-order chi connectivity index (χ1) is 8.43. The number of benzene rings is 1. The Morgan fingerprint density at radius 3 is 2.17 bits per heavy atom. The number of methoxy groups -OCH3 is 2. The lowest BCUT2D eigenvalue weighted by Crippen LogP contribution is -2.32. The Morgan fingerprint density at radius 1 is 1.11 bits per heavy atom. The highest BCUT2D eigenvalue weighted by atomic mass is 16.5. The third-order valence-corrected chi connectivity index (χ3v) is 3.02. The fourth-order valence-corrected chi connectivity index (χ4v) is 2.16. The molecule has 18 heavy (non-hydrogen) atoms. The molecule has 1 aromatic carbocycles. The van der Waals surface area contributed by atoms with Crippen molar-refractivity contribution < 1.29 is 9.47 Å². The molecular formula is C15H25NO2. The summed E-state index contributed by atoms with van der Waals surface area (Å²) in [7, 11) is 3.32. The average molecular weight is 251 g/mol. The zero-order valence-corrected chi connectivity index (χ0v) is 12.3. The van der Waals surface area contributed by atoms with Crippen molar-refractivity contribution in [1.82, 2.24) is 5.32 Å². The van der Waals surface area contributed by atoms with Gasteiger partial charge in [0.15, 0.2) is 11.5 Å². The van der Waals surface area contributed by atoms with E-state index in [9.17, 15) is 0 Å². The molecule has 0 aliphatic carbocycles. The van der Waals surface area contributed by atoms with Crippen LogP contribution in [0.1, 0.15) is 39.3 Å². The van der Waals surface area contributed by atoms with Gasteiger partial charge in [-0.15, -0.1) is 0 Å². The van der Waals surface area contributed by atoms with Crippen molar-refractivity contribution in [3.63, 3.8) is 0 Å². The second-order valence-corrected chi connectivity index (χ2v) is 5.47. The van der Waals surface area contributed by atoms with Crippen LogP contribution in [0.5, 0.6) is 11.5 Å². The van der Waals surface area contributed by atoms with E-state index >= 15 is 0 Å². The summed E-state index contributed by atoms with van der Waals surface area (Å²) in [6.07, 6.45) is 0. The zero-order valence-electron chi connectivity index (χ0n) is 12.3. The number of rotatable bonds is 5. The Hall–Kier alpha value is -1.22. The first kappa shape index (κ1) is 14.8. The van der Waals surface area contributed by atoms with E-state index in [-0.39, 0.29) is 5.41 Å². The van der Waals surface area contributed by atoms with Gasteiger partial charge in [-0.05, 0) is 29.7 Å². The first-order valence-corrected chi connectivity index (χ1v) is 6.39. The number of hydrogen-bond acceptors (Lipinski definition) is 3. The molecular weight excluding hydrogens is 226 g/mol. The van der Waals surface area contributed by atoms with E-state index in [0.717, 1.165) is 18.0 Å². The number of nitrogens with one attached hydrogen (secondary N) is 1. The highest BCUT2D eigenvalue weighted by Gasteiger charge is 2.26. The van der Waals surface area contributed by atoms with E-state index in [4.69, 9.17) is 9.47 Å². The lowest BCUT2D eigenvalue weighted by molar-refractivity contribution is 0.275. The lowest BCUT2D eigenvalue weighted by Gasteiger charge is -2.32. The molecule has 0 aliphatic rings. The minimum atomic E-state index is 0.148. The fourth-order valence-electron chi connectivity index (χ4n) is 2.16. The monoisotopic (exact) mass is 251 g/mol. The van der Waals surface area contributed by atoms with Gasteiger partial charge in [0.25, 0.3) is 0 Å². The van der Waals surface area contributed by atoms with E-state index in [1.165, 1.54) is 5.56 Å². The molecule has 1 aromatic rings. The predicted molar refractivity (Wildman–Crippen MR) is 75.4 cm³/mol. The van der Waals surface area contributed by atoms with Gasteiger partial charge >= 0.3 is 0 Å². The van der Waals surface area contributed by atoms with Crippen LogP contribution in [0.15, 0.2) is 18.2 Å². The molecule has 0 spiro atoms. The molecule has 1 N–H and O–H groups in total. The molecule has 0 saturated carbocycles. The van der Waals surface area contributed by atoms with Gasteiger partial charge in [-0.25, -0.2) is 0 Å². The van der Waals surface area contributed by atoms with E-state index in [2.05, 4.69) is 45.1 Å². The van der Waals surface area contributed by atoms with Gasteiger partial charge in [-0.3, -0.25) is 0 Å². The molecule has 0 aromatic heterocycles. The van der Waals surface area contributed by atoms with Crippen LogP contribution in [-0.4, -0.2) is 20.8 Å². The van der Waals surface area contributed by atoms with Crippen LogP contribution >= 0.6 is 0 Å². The molecule has 0 heterocycles. The van der Waals surface area contributed by atoms with E-state index in [1.807, 2.05) is 6.07 Å². The molecule has 1 atom stereocenters. The summed E-state index contributed by atoms with van der Waals surface area (Å²) in [5, 5.41) is 3.53. The van der Waals surface area contributed by atoms with Crippen molar-refractivity contribution in [1.29, 1.82) is 0 Å². The Kier molecular flexibility index (Phi) is 5.03. The summed E-state index contributed by atoms with van der Waals surface area (Å²) in [4.78, 5) is 0. The Morgan fingerprint density at radius 2 is 1.72 bits per heavy atom. The maximum absolute atomic E-state index is 5.37. The molecule has 1 unspecified atom stereocenters. The second-order valence-electron chi connectivity index (χ2n) is 5.47. The highest BCUT2D eigenvalue weighted by molar-refractivity contribution is 5.44. The molecule has 0 saturated heterocycles. The van der Waals surface area contributed by atoms with Crippen molar-refractivity contribution in [2.45, 2.75) is 33.7 Å². The maximum atomic E-state index is 5.37. The molecule has 0 aliphatic heterocycles. The smallest absolute Gasteiger partial charge is 0.161 e. The van der Waals surface area contributed by atoms with Crippen LogP contribution in [0, 0.1) is 5.41 Å². The van der Waals surface area contributed by atoms with Crippen LogP contribution in [0.3, 0.4) is 0 Å². The SMILES string of the molecule is CCNC(c1ccc(OC)c(OC)c1)C(C)(C)C. The van der Waals surface area contributed by atoms with Gasteiger partial charge in [-0.2, -0.15) is 0 Å². The summed E-state index contributed by atoms with van der Waals surface area (Å²) in [6, 6.07) is 6.41. The highest BCUT2D eigenvalue weighted by Crippen LogP contribution is 2.37.